The van der Waals surface area contributed by atoms with Crippen molar-refractivity contribution in [3.8, 4) is 0 Å². The molecule has 34 heavy (non-hydrogen) atoms. The van der Waals surface area contributed by atoms with E-state index in [1.54, 1.807) is 12.4 Å². The number of nitrogens with one attached hydrogen (secondary N) is 1. The number of carbonyl (C=O) groups excluding carboxylic acids is 1. The van der Waals surface area contributed by atoms with Crippen LogP contribution < -0.4 is 5.32 Å². The van der Waals surface area contributed by atoms with Gasteiger partial charge in [0.1, 0.15) is 6.33 Å². The number of nitrogens with zero attached hydrogens (tertiary/aromatic N) is 4. The van der Waals surface area contributed by atoms with Crippen LogP contribution in [-0.4, -0.2) is 49.5 Å². The summed E-state index contributed by atoms with van der Waals surface area (Å²) in [5, 5.41) is 15.3. The molecule has 0 radical (unpaired) electrons. The number of likely N-dealkylation sites (tertiary alicyclic amines) is 1. The molecule has 7 heteroatoms. The molecule has 1 aromatic carbocycles. The molecule has 1 aliphatic carbocycles. The Bertz CT molecular complexity index is 1160. The van der Waals surface area contributed by atoms with Crippen LogP contribution in [0.15, 0.2) is 79.2 Å². The summed E-state index contributed by atoms with van der Waals surface area (Å²) in [6.45, 7) is 0.538. The summed E-state index contributed by atoms with van der Waals surface area (Å²) < 4.78 is 0. The third-order valence-corrected chi connectivity index (χ3v) is 7.82. The Morgan fingerprint density at radius 3 is 2.71 bits per heavy atom. The van der Waals surface area contributed by atoms with Crippen LogP contribution in [0.1, 0.15) is 43.2 Å². The minimum absolute atomic E-state index is 0.0267. The van der Waals surface area contributed by atoms with E-state index in [4.69, 9.17) is 0 Å². The molecule has 1 aromatic heterocycles. The summed E-state index contributed by atoms with van der Waals surface area (Å²) >= 11 is 0. The average molecular weight is 456 g/mol. The number of amides is 1. The second kappa shape index (κ2) is 8.40. The molecule has 2 aromatic rings. The summed E-state index contributed by atoms with van der Waals surface area (Å²) in [6, 6.07) is 10.0. The molecule has 3 aliphatic heterocycles. The first-order chi connectivity index (χ1) is 16.7. The number of benzene rings is 1. The topological polar surface area (TPSA) is 81.6 Å². The van der Waals surface area contributed by atoms with Gasteiger partial charge in [0.2, 0.25) is 0 Å². The zero-order chi connectivity index (χ0) is 23.1. The molecule has 2 N–H and O–H groups in total. The van der Waals surface area contributed by atoms with E-state index in [0.29, 0.717) is 13.0 Å². The molecule has 6 rings (SSSR count). The predicted octanol–water partition coefficient (Wildman–Crippen LogP) is 3.14. The molecule has 0 bridgehead atoms. The van der Waals surface area contributed by atoms with Crippen molar-refractivity contribution in [3.05, 3.63) is 90.3 Å². The lowest BCUT2D eigenvalue weighted by atomic mass is 9.66. The molecular formula is C27H29N5O2. The van der Waals surface area contributed by atoms with Crippen molar-refractivity contribution in [2.24, 2.45) is 5.92 Å². The van der Waals surface area contributed by atoms with E-state index in [-0.39, 0.29) is 17.9 Å². The van der Waals surface area contributed by atoms with E-state index in [1.807, 2.05) is 64.6 Å². The summed E-state index contributed by atoms with van der Waals surface area (Å²) in [6.07, 6.45) is 16.9. The Hall–Kier alpha value is -3.45. The maximum atomic E-state index is 14.1. The third kappa shape index (κ3) is 3.34. The number of aromatic nitrogens is 2. The van der Waals surface area contributed by atoms with Crippen LogP contribution in [-0.2, 0) is 10.4 Å². The van der Waals surface area contributed by atoms with Crippen LogP contribution in [0.2, 0.25) is 0 Å². The van der Waals surface area contributed by atoms with Gasteiger partial charge in [-0.3, -0.25) is 4.79 Å². The lowest BCUT2D eigenvalue weighted by Crippen LogP contribution is -2.62. The van der Waals surface area contributed by atoms with Gasteiger partial charge < -0.3 is 20.2 Å². The van der Waals surface area contributed by atoms with Gasteiger partial charge in [-0.2, -0.15) is 0 Å². The van der Waals surface area contributed by atoms with Crippen molar-refractivity contribution < 1.29 is 9.90 Å². The summed E-state index contributed by atoms with van der Waals surface area (Å²) in [5.74, 6) is 0.0882. The van der Waals surface area contributed by atoms with Gasteiger partial charge in [-0.15, -0.1) is 0 Å². The van der Waals surface area contributed by atoms with E-state index >= 15 is 0 Å². The number of piperidine rings is 1. The van der Waals surface area contributed by atoms with Gasteiger partial charge in [0.15, 0.2) is 6.17 Å². The number of carbonyl (C=O) groups is 1. The zero-order valence-corrected chi connectivity index (χ0v) is 19.0. The molecule has 4 atom stereocenters. The van der Waals surface area contributed by atoms with E-state index < -0.39 is 11.8 Å². The van der Waals surface area contributed by atoms with Gasteiger partial charge in [-0.1, -0.05) is 49.2 Å². The van der Waals surface area contributed by atoms with Crippen LogP contribution in [0.3, 0.4) is 0 Å². The van der Waals surface area contributed by atoms with Gasteiger partial charge in [-0.25, -0.2) is 9.97 Å². The summed E-state index contributed by atoms with van der Waals surface area (Å²) in [7, 11) is 0. The molecule has 7 nitrogen and oxygen atoms in total. The third-order valence-electron chi connectivity index (χ3n) is 7.82. The number of hydrogen-bond donors (Lipinski definition) is 2. The molecule has 1 unspecified atom stereocenters. The van der Waals surface area contributed by atoms with Crippen molar-refractivity contribution in [2.75, 3.05) is 6.54 Å². The largest absolute Gasteiger partial charge is 0.385 e. The second-order valence-corrected chi connectivity index (χ2v) is 9.57. The van der Waals surface area contributed by atoms with Crippen molar-refractivity contribution >= 4 is 11.6 Å². The van der Waals surface area contributed by atoms with Gasteiger partial charge in [0, 0.05) is 42.7 Å². The minimum Gasteiger partial charge on any atom is -0.385 e. The first-order valence-electron chi connectivity index (χ1n) is 12.1. The normalized spacial score (nSPS) is 30.1. The molecule has 4 heterocycles. The molecular weight excluding hydrogens is 426 g/mol. The van der Waals surface area contributed by atoms with E-state index in [1.165, 1.54) is 6.33 Å². The van der Waals surface area contributed by atoms with E-state index in [2.05, 4.69) is 15.3 Å². The summed E-state index contributed by atoms with van der Waals surface area (Å²) in [5.41, 5.74) is 2.73. The fraction of sp³-hybridized carbons (Fsp3) is 0.370. The molecule has 1 saturated heterocycles. The Kier molecular flexibility index (Phi) is 5.21. The van der Waals surface area contributed by atoms with Crippen LogP contribution in [0, 0.1) is 5.92 Å². The summed E-state index contributed by atoms with van der Waals surface area (Å²) in [4.78, 5) is 26.4. The Morgan fingerprint density at radius 2 is 1.88 bits per heavy atom. The highest BCUT2D eigenvalue weighted by Crippen LogP contribution is 2.47. The Balaban J connectivity index is 1.30. The highest BCUT2D eigenvalue weighted by Gasteiger charge is 2.52. The number of hydrogen-bond acceptors (Lipinski definition) is 6. The fourth-order valence-corrected chi connectivity index (χ4v) is 6.21. The maximum absolute atomic E-state index is 14.1. The van der Waals surface area contributed by atoms with Crippen LogP contribution in [0.4, 0.5) is 0 Å². The maximum Gasteiger partial charge on any atom is 0.266 e. The Morgan fingerprint density at radius 1 is 1.09 bits per heavy atom. The SMILES string of the molecule is O=C(C1NC(c2cncnc2)=C2C=CC=CN21)N1CC[C@](O)(c2ccccc2)[C@H]2CCCC[C@H]21. The van der Waals surface area contributed by atoms with Crippen molar-refractivity contribution in [1.82, 2.24) is 25.1 Å². The Labute approximate surface area is 199 Å². The molecule has 2 fully saturated rings. The molecule has 0 spiro atoms. The van der Waals surface area contributed by atoms with Gasteiger partial charge >= 0.3 is 0 Å². The van der Waals surface area contributed by atoms with Gasteiger partial charge in [0.05, 0.1) is 17.0 Å². The van der Waals surface area contributed by atoms with Crippen molar-refractivity contribution in [3.63, 3.8) is 0 Å². The lowest BCUT2D eigenvalue weighted by molar-refractivity contribution is -0.158. The van der Waals surface area contributed by atoms with Gasteiger partial charge in [-0.05, 0) is 37.0 Å². The number of aliphatic hydroxyl groups is 1. The van der Waals surface area contributed by atoms with Crippen LogP contribution in [0.5, 0.6) is 0 Å². The highest BCUT2D eigenvalue weighted by molar-refractivity contribution is 5.88. The van der Waals surface area contributed by atoms with E-state index in [0.717, 1.165) is 48.2 Å². The van der Waals surface area contributed by atoms with Crippen LogP contribution >= 0.6 is 0 Å². The predicted molar refractivity (Wildman–Crippen MR) is 128 cm³/mol. The first kappa shape index (κ1) is 21.1. The standard InChI is InChI=1S/C27H29N5O2/c33-26(25-30-24(19-16-28-18-29-17-19)23-12-6-7-14-31(23)25)32-15-13-27(34,20-8-2-1-3-9-20)21-10-4-5-11-22(21)32/h1-3,6-9,12,14,16-18,21-22,25,30,34H,4-5,10-11,13,15H2/t21-,22+,25?,27-/m0/s1. The molecule has 174 valence electrons. The average Bonchev–Trinajstić information content (AvgIpc) is 3.30. The highest BCUT2D eigenvalue weighted by atomic mass is 16.3. The lowest BCUT2D eigenvalue weighted by Gasteiger charge is -2.53. The van der Waals surface area contributed by atoms with Gasteiger partial charge in [0.25, 0.3) is 5.91 Å². The zero-order valence-electron chi connectivity index (χ0n) is 19.0. The monoisotopic (exact) mass is 455 g/mol. The quantitative estimate of drug-likeness (QED) is 0.740. The number of rotatable bonds is 3. The van der Waals surface area contributed by atoms with Crippen molar-refractivity contribution in [1.29, 1.82) is 0 Å². The molecule has 4 aliphatic rings. The van der Waals surface area contributed by atoms with E-state index in [9.17, 15) is 9.90 Å². The molecule has 1 amide bonds. The fourth-order valence-electron chi connectivity index (χ4n) is 6.21. The minimum atomic E-state index is -0.893. The number of allylic oxidation sites excluding steroid dienone is 3. The first-order valence-corrected chi connectivity index (χ1v) is 12.1. The second-order valence-electron chi connectivity index (χ2n) is 9.57. The van der Waals surface area contributed by atoms with Crippen LogP contribution in [0.25, 0.3) is 5.70 Å². The smallest absolute Gasteiger partial charge is 0.266 e. The van der Waals surface area contributed by atoms with Crippen molar-refractivity contribution in [2.45, 2.75) is 49.9 Å². The number of fused-ring (bicyclic) bond motifs is 2. The molecule has 1 saturated carbocycles.